The smallest absolute Gasteiger partial charge is 0.310 e. The molecule has 0 bridgehead atoms. The van der Waals surface area contributed by atoms with Crippen LogP contribution in [-0.2, 0) is 29.2 Å². The lowest BCUT2D eigenvalue weighted by Crippen LogP contribution is -2.08. The monoisotopic (exact) mass is 405 g/mol. The first kappa shape index (κ1) is 19.7. The Morgan fingerprint density at radius 1 is 1.10 bits per heavy atom. The third-order valence-electron chi connectivity index (χ3n) is 4.95. The molecular formula is C23H23N3O4. The van der Waals surface area contributed by atoms with Crippen LogP contribution in [0.5, 0.6) is 5.75 Å². The molecule has 1 aromatic carbocycles. The van der Waals surface area contributed by atoms with E-state index < -0.39 is 0 Å². The summed E-state index contributed by atoms with van der Waals surface area (Å²) in [4.78, 5) is 16.7. The van der Waals surface area contributed by atoms with Crippen molar-refractivity contribution in [3.8, 4) is 5.75 Å². The number of benzene rings is 1. The van der Waals surface area contributed by atoms with Crippen molar-refractivity contribution in [2.24, 2.45) is 0 Å². The summed E-state index contributed by atoms with van der Waals surface area (Å²) in [5.41, 5.74) is 5.30. The number of pyridine rings is 1. The third-order valence-corrected chi connectivity index (χ3v) is 4.95. The molecule has 3 aromatic heterocycles. The van der Waals surface area contributed by atoms with Gasteiger partial charge >= 0.3 is 5.97 Å². The van der Waals surface area contributed by atoms with E-state index in [-0.39, 0.29) is 19.0 Å². The number of aryl methyl sites for hydroxylation is 3. The van der Waals surface area contributed by atoms with Crippen LogP contribution in [0.2, 0.25) is 0 Å². The van der Waals surface area contributed by atoms with Crippen molar-refractivity contribution >= 4 is 11.6 Å². The number of ether oxygens (including phenoxy) is 2. The Balaban J connectivity index is 1.29. The molecule has 30 heavy (non-hydrogen) atoms. The Labute approximate surface area is 174 Å². The summed E-state index contributed by atoms with van der Waals surface area (Å²) in [7, 11) is 0. The predicted octanol–water partition coefficient (Wildman–Crippen LogP) is 4.11. The van der Waals surface area contributed by atoms with Crippen molar-refractivity contribution in [2.75, 3.05) is 0 Å². The van der Waals surface area contributed by atoms with Crippen LogP contribution in [0.1, 0.15) is 33.8 Å². The van der Waals surface area contributed by atoms with E-state index in [1.54, 1.807) is 0 Å². The minimum atomic E-state index is -0.298. The first-order chi connectivity index (χ1) is 14.5. The molecule has 0 aliphatic carbocycles. The van der Waals surface area contributed by atoms with Crippen molar-refractivity contribution < 1.29 is 18.8 Å². The van der Waals surface area contributed by atoms with Gasteiger partial charge in [0.05, 0.1) is 23.4 Å². The first-order valence-electron chi connectivity index (χ1n) is 9.72. The Bertz CT molecular complexity index is 1160. The van der Waals surface area contributed by atoms with Crippen molar-refractivity contribution in [1.82, 2.24) is 14.5 Å². The van der Waals surface area contributed by atoms with Gasteiger partial charge in [-0.05, 0) is 50.1 Å². The Morgan fingerprint density at radius 2 is 1.90 bits per heavy atom. The van der Waals surface area contributed by atoms with Gasteiger partial charge in [0.1, 0.15) is 30.4 Å². The van der Waals surface area contributed by atoms with Crippen molar-refractivity contribution in [3.63, 3.8) is 0 Å². The lowest BCUT2D eigenvalue weighted by molar-refractivity contribution is -0.144. The normalized spacial score (nSPS) is 11.0. The SMILES string of the molecule is Cc1noc(C)c1COc1ccc(CC(=O)OCc2cn3cccc(C)c3n2)cc1. The molecular weight excluding hydrogens is 382 g/mol. The van der Waals surface area contributed by atoms with Gasteiger partial charge in [-0.1, -0.05) is 23.4 Å². The van der Waals surface area contributed by atoms with Crippen LogP contribution in [-0.4, -0.2) is 20.5 Å². The summed E-state index contributed by atoms with van der Waals surface area (Å²) in [5, 5.41) is 3.92. The number of rotatable bonds is 7. The summed E-state index contributed by atoms with van der Waals surface area (Å²) in [6.07, 6.45) is 3.99. The molecule has 0 fully saturated rings. The van der Waals surface area contributed by atoms with Crippen molar-refractivity contribution in [3.05, 3.63) is 82.6 Å². The average Bonchev–Trinajstić information content (AvgIpc) is 3.30. The van der Waals surface area contributed by atoms with E-state index in [1.165, 1.54) is 0 Å². The van der Waals surface area contributed by atoms with E-state index >= 15 is 0 Å². The molecule has 0 atom stereocenters. The minimum Gasteiger partial charge on any atom is -0.489 e. The van der Waals surface area contributed by atoms with E-state index in [1.807, 2.05) is 74.0 Å². The lowest BCUT2D eigenvalue weighted by atomic mass is 10.1. The van der Waals surface area contributed by atoms with Gasteiger partial charge in [-0.15, -0.1) is 0 Å². The van der Waals surface area contributed by atoms with E-state index in [0.29, 0.717) is 12.4 Å². The fraction of sp³-hybridized carbons (Fsp3) is 0.261. The van der Waals surface area contributed by atoms with E-state index in [0.717, 1.165) is 39.5 Å². The number of nitrogens with zero attached hydrogens (tertiary/aromatic N) is 3. The van der Waals surface area contributed by atoms with Crippen LogP contribution in [0.15, 0.2) is 53.3 Å². The van der Waals surface area contributed by atoms with Crippen LogP contribution in [0, 0.1) is 20.8 Å². The third kappa shape index (κ3) is 4.35. The number of imidazole rings is 1. The summed E-state index contributed by atoms with van der Waals surface area (Å²) in [6.45, 7) is 6.29. The van der Waals surface area contributed by atoms with Crippen LogP contribution >= 0.6 is 0 Å². The Kier molecular flexibility index (Phi) is 5.52. The number of carbonyl (C=O) groups is 1. The number of hydrogen-bond donors (Lipinski definition) is 0. The quantitative estimate of drug-likeness (QED) is 0.431. The molecule has 0 aliphatic heterocycles. The molecule has 0 saturated carbocycles. The van der Waals surface area contributed by atoms with Crippen LogP contribution in [0.4, 0.5) is 0 Å². The summed E-state index contributed by atoms with van der Waals surface area (Å²) < 4.78 is 18.2. The standard InChI is InChI=1S/C23H23N3O4/c1-15-5-4-10-26-12-19(24-23(15)26)13-29-22(27)11-18-6-8-20(9-7-18)28-14-21-16(2)25-30-17(21)3/h4-10,12H,11,13-14H2,1-3H3. The lowest BCUT2D eigenvalue weighted by Gasteiger charge is -2.07. The number of fused-ring (bicyclic) bond motifs is 1. The largest absolute Gasteiger partial charge is 0.489 e. The fourth-order valence-electron chi connectivity index (χ4n) is 3.21. The maximum absolute atomic E-state index is 12.2. The van der Waals surface area contributed by atoms with Gasteiger partial charge in [0, 0.05) is 12.4 Å². The van der Waals surface area contributed by atoms with Crippen molar-refractivity contribution in [1.29, 1.82) is 0 Å². The molecule has 0 N–H and O–H groups in total. The summed E-state index contributed by atoms with van der Waals surface area (Å²) in [5.74, 6) is 1.17. The second-order valence-corrected chi connectivity index (χ2v) is 7.23. The molecule has 0 unspecified atom stereocenters. The highest BCUT2D eigenvalue weighted by atomic mass is 16.5. The predicted molar refractivity (Wildman–Crippen MR) is 110 cm³/mol. The summed E-state index contributed by atoms with van der Waals surface area (Å²) >= 11 is 0. The number of esters is 1. The maximum Gasteiger partial charge on any atom is 0.310 e. The van der Waals surface area contributed by atoms with Gasteiger partial charge < -0.3 is 18.4 Å². The molecule has 154 valence electrons. The maximum atomic E-state index is 12.2. The molecule has 0 spiro atoms. The zero-order valence-electron chi connectivity index (χ0n) is 17.2. The topological polar surface area (TPSA) is 78.9 Å². The highest BCUT2D eigenvalue weighted by Gasteiger charge is 2.11. The van der Waals surface area contributed by atoms with Gasteiger partial charge in [0.2, 0.25) is 0 Å². The molecule has 0 aliphatic rings. The van der Waals surface area contributed by atoms with Gasteiger partial charge in [-0.3, -0.25) is 4.79 Å². The zero-order chi connectivity index (χ0) is 21.1. The Morgan fingerprint density at radius 3 is 2.60 bits per heavy atom. The van der Waals surface area contributed by atoms with E-state index in [9.17, 15) is 4.79 Å². The van der Waals surface area contributed by atoms with E-state index in [4.69, 9.17) is 14.0 Å². The highest BCUT2D eigenvalue weighted by molar-refractivity contribution is 5.72. The van der Waals surface area contributed by atoms with Crippen LogP contribution in [0.25, 0.3) is 5.65 Å². The van der Waals surface area contributed by atoms with Crippen LogP contribution in [0.3, 0.4) is 0 Å². The number of hydrogen-bond acceptors (Lipinski definition) is 6. The molecule has 7 heteroatoms. The second-order valence-electron chi connectivity index (χ2n) is 7.23. The summed E-state index contributed by atoms with van der Waals surface area (Å²) in [6, 6.07) is 11.4. The first-order valence-corrected chi connectivity index (χ1v) is 9.72. The minimum absolute atomic E-state index is 0.151. The Hall–Kier alpha value is -3.61. The van der Waals surface area contributed by atoms with Gasteiger partial charge in [0.25, 0.3) is 0 Å². The zero-order valence-corrected chi connectivity index (χ0v) is 17.2. The molecule has 0 saturated heterocycles. The molecule has 3 heterocycles. The number of carbonyl (C=O) groups excluding carboxylic acids is 1. The molecule has 4 rings (SSSR count). The second kappa shape index (κ2) is 8.41. The van der Waals surface area contributed by atoms with Gasteiger partial charge in [-0.25, -0.2) is 4.98 Å². The van der Waals surface area contributed by atoms with Crippen LogP contribution < -0.4 is 4.74 Å². The number of aromatic nitrogens is 3. The highest BCUT2D eigenvalue weighted by Crippen LogP contribution is 2.18. The molecule has 4 aromatic rings. The fourth-order valence-corrected chi connectivity index (χ4v) is 3.21. The van der Waals surface area contributed by atoms with Gasteiger partial charge in [-0.2, -0.15) is 0 Å². The van der Waals surface area contributed by atoms with Crippen molar-refractivity contribution in [2.45, 2.75) is 40.4 Å². The molecule has 0 amide bonds. The van der Waals surface area contributed by atoms with E-state index in [2.05, 4.69) is 10.1 Å². The molecule has 7 nitrogen and oxygen atoms in total. The average molecular weight is 405 g/mol. The molecule has 0 radical (unpaired) electrons. The van der Waals surface area contributed by atoms with Gasteiger partial charge in [0.15, 0.2) is 0 Å².